The van der Waals surface area contributed by atoms with Crippen molar-refractivity contribution in [3.8, 4) is 10.4 Å². The number of nitrogens with one attached hydrogen (secondary N) is 2. The van der Waals surface area contributed by atoms with Crippen LogP contribution in [0.2, 0.25) is 0 Å². The summed E-state index contributed by atoms with van der Waals surface area (Å²) in [5.74, 6) is 0.0765. The summed E-state index contributed by atoms with van der Waals surface area (Å²) in [6.07, 6.45) is 1.43. The quantitative estimate of drug-likeness (QED) is 0.549. The maximum atomic E-state index is 11.6. The van der Waals surface area contributed by atoms with E-state index in [0.717, 1.165) is 25.2 Å². The van der Waals surface area contributed by atoms with Crippen LogP contribution in [0.25, 0.3) is 10.4 Å². The lowest BCUT2D eigenvalue weighted by Crippen LogP contribution is -2.12. The van der Waals surface area contributed by atoms with Gasteiger partial charge in [-0.1, -0.05) is 25.1 Å². The highest BCUT2D eigenvalue weighted by Gasteiger charge is 2.04. The van der Waals surface area contributed by atoms with Gasteiger partial charge in [0.2, 0.25) is 5.91 Å². The largest absolute Gasteiger partial charge is 0.326 e. The van der Waals surface area contributed by atoms with Gasteiger partial charge in [0, 0.05) is 40.5 Å². The summed E-state index contributed by atoms with van der Waals surface area (Å²) in [5, 5.41) is 10.7. The molecule has 3 nitrogen and oxygen atoms in total. The average Bonchev–Trinajstić information content (AvgIpc) is 3.28. The topological polar surface area (TPSA) is 41.1 Å². The molecule has 2 N–H and O–H groups in total. The average molecular weight is 371 g/mol. The van der Waals surface area contributed by atoms with E-state index in [1.54, 1.807) is 22.7 Å². The highest BCUT2D eigenvalue weighted by atomic mass is 32.1. The van der Waals surface area contributed by atoms with Crippen LogP contribution in [0.15, 0.2) is 53.2 Å². The molecule has 5 heteroatoms. The standard InChI is InChI=1S/C20H22N2OS2/c1-2-4-20(23)22-17-8-6-15(7-9-17)12-21-13-18-11-16(14-25-18)19-5-3-10-24-19/h3,5-11,14,21H,2,4,12-13H2,1H3,(H,22,23). The smallest absolute Gasteiger partial charge is 0.224 e. The minimum atomic E-state index is 0.0765. The summed E-state index contributed by atoms with van der Waals surface area (Å²) < 4.78 is 0. The van der Waals surface area contributed by atoms with Crippen molar-refractivity contribution in [1.82, 2.24) is 5.32 Å². The van der Waals surface area contributed by atoms with Crippen LogP contribution in [-0.4, -0.2) is 5.91 Å². The van der Waals surface area contributed by atoms with E-state index < -0.39 is 0 Å². The predicted molar refractivity (Wildman–Crippen MR) is 108 cm³/mol. The number of amides is 1. The molecule has 0 radical (unpaired) electrons. The molecule has 0 fully saturated rings. The fourth-order valence-corrected chi connectivity index (χ4v) is 4.18. The number of thiophene rings is 2. The Morgan fingerprint density at radius 2 is 1.92 bits per heavy atom. The van der Waals surface area contributed by atoms with Crippen molar-refractivity contribution in [2.24, 2.45) is 0 Å². The first-order valence-electron chi connectivity index (χ1n) is 8.45. The van der Waals surface area contributed by atoms with Crippen LogP contribution in [0.4, 0.5) is 5.69 Å². The number of carbonyl (C=O) groups excluding carboxylic acids is 1. The zero-order chi connectivity index (χ0) is 17.5. The van der Waals surface area contributed by atoms with E-state index in [9.17, 15) is 4.79 Å². The lowest BCUT2D eigenvalue weighted by Gasteiger charge is -2.07. The van der Waals surface area contributed by atoms with Gasteiger partial charge in [-0.15, -0.1) is 22.7 Å². The van der Waals surface area contributed by atoms with Crippen LogP contribution in [0.1, 0.15) is 30.2 Å². The van der Waals surface area contributed by atoms with Crippen molar-refractivity contribution < 1.29 is 4.79 Å². The van der Waals surface area contributed by atoms with Crippen molar-refractivity contribution in [2.45, 2.75) is 32.9 Å². The van der Waals surface area contributed by atoms with Gasteiger partial charge in [0.15, 0.2) is 0 Å². The molecule has 25 heavy (non-hydrogen) atoms. The third-order valence-corrected chi connectivity index (χ3v) is 5.66. The van der Waals surface area contributed by atoms with Crippen LogP contribution in [0, 0.1) is 0 Å². The Morgan fingerprint density at radius 3 is 2.64 bits per heavy atom. The molecular formula is C20H22N2OS2. The van der Waals surface area contributed by atoms with Crippen LogP contribution in [-0.2, 0) is 17.9 Å². The monoisotopic (exact) mass is 370 g/mol. The molecule has 0 spiro atoms. The van der Waals surface area contributed by atoms with Gasteiger partial charge in [-0.05, 0) is 47.0 Å². The van der Waals surface area contributed by atoms with Crippen molar-refractivity contribution in [3.63, 3.8) is 0 Å². The van der Waals surface area contributed by atoms with Gasteiger partial charge in [0.05, 0.1) is 0 Å². The zero-order valence-corrected chi connectivity index (χ0v) is 15.9. The van der Waals surface area contributed by atoms with Gasteiger partial charge in [-0.25, -0.2) is 0 Å². The van der Waals surface area contributed by atoms with Gasteiger partial charge in [-0.2, -0.15) is 0 Å². The van der Waals surface area contributed by atoms with Crippen molar-refractivity contribution in [1.29, 1.82) is 0 Å². The number of carbonyl (C=O) groups is 1. The Bertz CT molecular complexity index is 791. The van der Waals surface area contributed by atoms with Crippen molar-refractivity contribution in [3.05, 3.63) is 63.7 Å². The van der Waals surface area contributed by atoms with E-state index in [0.29, 0.717) is 6.42 Å². The van der Waals surface area contributed by atoms with Crippen molar-refractivity contribution >= 4 is 34.3 Å². The normalized spacial score (nSPS) is 10.8. The lowest BCUT2D eigenvalue weighted by molar-refractivity contribution is -0.116. The predicted octanol–water partition coefficient (Wildman–Crippen LogP) is 5.51. The molecule has 3 aromatic rings. The van der Waals surface area contributed by atoms with E-state index in [1.807, 2.05) is 19.1 Å². The number of hydrogen-bond acceptors (Lipinski definition) is 4. The summed E-state index contributed by atoms with van der Waals surface area (Å²) in [7, 11) is 0. The van der Waals surface area contributed by atoms with Gasteiger partial charge in [0.25, 0.3) is 0 Å². The molecular weight excluding hydrogens is 348 g/mol. The summed E-state index contributed by atoms with van der Waals surface area (Å²) >= 11 is 3.57. The summed E-state index contributed by atoms with van der Waals surface area (Å²) in [5.41, 5.74) is 3.38. The second-order valence-electron chi connectivity index (χ2n) is 5.88. The summed E-state index contributed by atoms with van der Waals surface area (Å²) in [4.78, 5) is 14.3. The maximum Gasteiger partial charge on any atom is 0.224 e. The van der Waals surface area contributed by atoms with Crippen LogP contribution in [0.3, 0.4) is 0 Å². The van der Waals surface area contributed by atoms with Gasteiger partial charge in [0.1, 0.15) is 0 Å². The minimum Gasteiger partial charge on any atom is -0.326 e. The second-order valence-corrected chi connectivity index (χ2v) is 7.82. The molecule has 2 heterocycles. The molecule has 3 rings (SSSR count). The van der Waals surface area contributed by atoms with Gasteiger partial charge >= 0.3 is 0 Å². The third kappa shape index (κ3) is 5.26. The highest BCUT2D eigenvalue weighted by Crippen LogP contribution is 2.29. The van der Waals surface area contributed by atoms with Crippen LogP contribution in [0.5, 0.6) is 0 Å². The molecule has 0 aliphatic rings. The number of benzene rings is 1. The molecule has 0 aliphatic carbocycles. The molecule has 0 aliphatic heterocycles. The SMILES string of the molecule is CCCC(=O)Nc1ccc(CNCc2cc(-c3cccs3)cs2)cc1. The Balaban J connectivity index is 1.47. The Labute approximate surface area is 156 Å². The second kappa shape index (κ2) is 8.94. The molecule has 1 aromatic carbocycles. The Kier molecular flexibility index (Phi) is 6.39. The van der Waals surface area contributed by atoms with E-state index in [2.05, 4.69) is 51.7 Å². The molecule has 1 amide bonds. The van der Waals surface area contributed by atoms with Gasteiger partial charge in [-0.3, -0.25) is 4.79 Å². The molecule has 0 bridgehead atoms. The first kappa shape index (κ1) is 17.9. The third-order valence-electron chi connectivity index (χ3n) is 3.80. The first-order chi connectivity index (χ1) is 12.2. The van der Waals surface area contributed by atoms with E-state index in [1.165, 1.54) is 20.9 Å². The zero-order valence-electron chi connectivity index (χ0n) is 14.2. The summed E-state index contributed by atoms with van der Waals surface area (Å²) in [6, 6.07) is 14.5. The molecule has 0 saturated carbocycles. The number of hydrogen-bond donors (Lipinski definition) is 2. The number of rotatable bonds is 8. The molecule has 2 aromatic heterocycles. The molecule has 130 valence electrons. The Morgan fingerprint density at radius 1 is 1.08 bits per heavy atom. The minimum absolute atomic E-state index is 0.0765. The molecule has 0 unspecified atom stereocenters. The van der Waals surface area contributed by atoms with E-state index in [4.69, 9.17) is 0 Å². The molecule has 0 atom stereocenters. The Hall–Kier alpha value is -1.95. The summed E-state index contributed by atoms with van der Waals surface area (Å²) in [6.45, 7) is 3.69. The van der Waals surface area contributed by atoms with Crippen LogP contribution >= 0.6 is 22.7 Å². The first-order valence-corrected chi connectivity index (χ1v) is 10.2. The fourth-order valence-electron chi connectivity index (χ4n) is 2.53. The molecule has 0 saturated heterocycles. The lowest BCUT2D eigenvalue weighted by atomic mass is 10.2. The maximum absolute atomic E-state index is 11.6. The number of anilines is 1. The highest BCUT2D eigenvalue weighted by molar-refractivity contribution is 7.14. The van der Waals surface area contributed by atoms with E-state index >= 15 is 0 Å². The van der Waals surface area contributed by atoms with E-state index in [-0.39, 0.29) is 5.91 Å². The van der Waals surface area contributed by atoms with Crippen molar-refractivity contribution in [2.75, 3.05) is 5.32 Å². The van der Waals surface area contributed by atoms with Crippen LogP contribution < -0.4 is 10.6 Å². The fraction of sp³-hybridized carbons (Fsp3) is 0.250. The van der Waals surface area contributed by atoms with Gasteiger partial charge < -0.3 is 10.6 Å².